The van der Waals surface area contributed by atoms with Crippen LogP contribution in [0.2, 0.25) is 0 Å². The molecule has 1 heterocycles. The monoisotopic (exact) mass is 347 g/mol. The molecule has 140 valence electrons. The maximum Gasteiger partial charge on any atom is 0.131 e. The van der Waals surface area contributed by atoms with E-state index in [-0.39, 0.29) is 24.5 Å². The van der Waals surface area contributed by atoms with Crippen LogP contribution in [0.3, 0.4) is 0 Å². The Balaban J connectivity index is 1.61. The number of nitrogens with zero attached hydrogens (tertiary/aromatic N) is 2. The largest absolute Gasteiger partial charge is 0.396 e. The van der Waals surface area contributed by atoms with E-state index in [2.05, 4.69) is 17.2 Å². The summed E-state index contributed by atoms with van der Waals surface area (Å²) in [5.41, 5.74) is 1.05. The third-order valence-corrected chi connectivity index (χ3v) is 5.82. The lowest BCUT2D eigenvalue weighted by atomic mass is 9.88. The smallest absolute Gasteiger partial charge is 0.131 e. The second-order valence-electron chi connectivity index (χ2n) is 7.82. The first-order chi connectivity index (χ1) is 12.2. The van der Waals surface area contributed by atoms with Gasteiger partial charge in [-0.05, 0) is 50.6 Å². The number of hydrogen-bond acceptors (Lipinski definition) is 5. The van der Waals surface area contributed by atoms with Gasteiger partial charge in [-0.15, -0.1) is 0 Å². The van der Waals surface area contributed by atoms with Gasteiger partial charge in [0.05, 0.1) is 6.10 Å². The first-order valence-corrected chi connectivity index (χ1v) is 10.1. The molecule has 0 aromatic carbocycles. The number of aromatic nitrogens is 2. The first kappa shape index (κ1) is 18.7. The maximum atomic E-state index is 10.4. The van der Waals surface area contributed by atoms with Gasteiger partial charge in [-0.2, -0.15) is 0 Å². The van der Waals surface area contributed by atoms with E-state index in [0.29, 0.717) is 5.92 Å². The molecular weight excluding hydrogens is 314 g/mol. The molecule has 0 aliphatic heterocycles. The molecule has 0 amide bonds. The van der Waals surface area contributed by atoms with Crippen LogP contribution in [0.25, 0.3) is 0 Å². The van der Waals surface area contributed by atoms with Gasteiger partial charge in [0.25, 0.3) is 0 Å². The summed E-state index contributed by atoms with van der Waals surface area (Å²) in [6, 6.07) is 2.25. The highest BCUT2D eigenvalue weighted by Gasteiger charge is 2.42. The zero-order valence-corrected chi connectivity index (χ0v) is 15.4. The predicted molar refractivity (Wildman–Crippen MR) is 98.3 cm³/mol. The van der Waals surface area contributed by atoms with Crippen LogP contribution in [0.15, 0.2) is 12.3 Å². The Morgan fingerprint density at radius 2 is 2.04 bits per heavy atom. The fourth-order valence-corrected chi connectivity index (χ4v) is 4.12. The number of hydrogen-bond donors (Lipinski definition) is 3. The lowest BCUT2D eigenvalue weighted by molar-refractivity contribution is 0.0716. The Morgan fingerprint density at radius 1 is 1.20 bits per heavy atom. The lowest BCUT2D eigenvalue weighted by Crippen LogP contribution is -2.37. The third-order valence-electron chi connectivity index (χ3n) is 5.82. The van der Waals surface area contributed by atoms with Crippen LogP contribution >= 0.6 is 0 Å². The Labute approximate surface area is 151 Å². The van der Waals surface area contributed by atoms with Crippen molar-refractivity contribution < 1.29 is 10.2 Å². The Morgan fingerprint density at radius 3 is 2.76 bits per heavy atom. The molecular formula is C20H33N3O2. The van der Waals surface area contributed by atoms with Gasteiger partial charge in [0.15, 0.2) is 0 Å². The topological polar surface area (TPSA) is 78.3 Å². The van der Waals surface area contributed by atoms with Crippen LogP contribution in [0.5, 0.6) is 0 Å². The summed E-state index contributed by atoms with van der Waals surface area (Å²) in [7, 11) is 0. The molecule has 2 fully saturated rings. The van der Waals surface area contributed by atoms with Gasteiger partial charge in [-0.25, -0.2) is 9.97 Å². The summed E-state index contributed by atoms with van der Waals surface area (Å²) in [5, 5.41) is 23.8. The molecule has 3 N–H and O–H groups in total. The molecule has 1 aromatic rings. The van der Waals surface area contributed by atoms with Crippen molar-refractivity contribution in [3.8, 4) is 0 Å². The Hall–Kier alpha value is -1.04. The molecule has 0 saturated heterocycles. The van der Waals surface area contributed by atoms with Gasteiger partial charge in [0, 0.05) is 36.4 Å². The van der Waals surface area contributed by atoms with Crippen LogP contribution < -0.4 is 5.32 Å². The van der Waals surface area contributed by atoms with Crippen molar-refractivity contribution in [2.24, 2.45) is 11.8 Å². The van der Waals surface area contributed by atoms with E-state index >= 15 is 0 Å². The summed E-state index contributed by atoms with van der Waals surface area (Å²) in [6.45, 7) is 3.25. The summed E-state index contributed by atoms with van der Waals surface area (Å²) >= 11 is 0. The number of nitrogens with one attached hydrogen (secondary N) is 1. The molecule has 2 saturated carbocycles. The highest BCUT2D eigenvalue weighted by molar-refractivity contribution is 5.12. The van der Waals surface area contributed by atoms with Crippen LogP contribution in [-0.4, -0.2) is 45.5 Å². The van der Waals surface area contributed by atoms with Gasteiger partial charge in [0.1, 0.15) is 5.82 Å². The molecule has 2 aliphatic carbocycles. The molecule has 5 nitrogen and oxygen atoms in total. The molecule has 25 heavy (non-hydrogen) atoms. The average molecular weight is 348 g/mol. The summed E-state index contributed by atoms with van der Waals surface area (Å²) in [5.74, 6) is 1.69. The SMILES string of the molecule is CCCCCCN[C@@H]1C[C@@H](O)[C@H](CO)[C@H]1Cc1ccnc(C2CC2)n1. The van der Waals surface area contributed by atoms with Crippen LogP contribution in [0.1, 0.15) is 69.3 Å². The van der Waals surface area contributed by atoms with Crippen LogP contribution in [0, 0.1) is 11.8 Å². The second kappa shape index (κ2) is 9.06. The van der Waals surface area contributed by atoms with Crippen molar-refractivity contribution in [3.05, 3.63) is 23.8 Å². The van der Waals surface area contributed by atoms with Crippen LogP contribution in [-0.2, 0) is 6.42 Å². The van der Waals surface area contributed by atoms with E-state index in [4.69, 9.17) is 4.98 Å². The zero-order valence-electron chi connectivity index (χ0n) is 15.4. The fourth-order valence-electron chi connectivity index (χ4n) is 4.12. The van der Waals surface area contributed by atoms with E-state index in [0.717, 1.165) is 30.9 Å². The second-order valence-corrected chi connectivity index (χ2v) is 7.82. The van der Waals surface area contributed by atoms with Gasteiger partial charge >= 0.3 is 0 Å². The van der Waals surface area contributed by atoms with Crippen molar-refractivity contribution in [1.82, 2.24) is 15.3 Å². The number of aliphatic hydroxyl groups is 2. The molecule has 0 unspecified atom stereocenters. The standard InChI is InChI=1S/C20H33N3O2/c1-2-3-4-5-9-21-18-12-19(25)17(13-24)16(18)11-15-8-10-22-20(23-15)14-6-7-14/h8,10,14,16-19,21,24-25H,2-7,9,11-13H2,1H3/t16-,17-,18-,19-/m1/s1. The third kappa shape index (κ3) is 4.99. The zero-order chi connectivity index (χ0) is 17.6. The molecule has 3 rings (SSSR count). The van der Waals surface area contributed by atoms with Gasteiger partial charge in [-0.3, -0.25) is 0 Å². The molecule has 4 atom stereocenters. The van der Waals surface area contributed by atoms with Crippen molar-refractivity contribution >= 4 is 0 Å². The minimum Gasteiger partial charge on any atom is -0.396 e. The quantitative estimate of drug-likeness (QED) is 0.567. The van der Waals surface area contributed by atoms with E-state index in [9.17, 15) is 10.2 Å². The number of aliphatic hydroxyl groups excluding tert-OH is 2. The van der Waals surface area contributed by atoms with Crippen molar-refractivity contribution in [3.63, 3.8) is 0 Å². The summed E-state index contributed by atoms with van der Waals surface area (Å²) in [6.07, 6.45) is 10.3. The predicted octanol–water partition coefficient (Wildman–Crippen LogP) is 2.42. The minimum absolute atomic E-state index is 0.0421. The number of rotatable bonds is 10. The highest BCUT2D eigenvalue weighted by Crippen LogP contribution is 2.38. The van der Waals surface area contributed by atoms with E-state index in [1.165, 1.54) is 38.5 Å². The van der Waals surface area contributed by atoms with Gasteiger partial charge in [0.2, 0.25) is 0 Å². The molecule has 0 bridgehead atoms. The first-order valence-electron chi connectivity index (χ1n) is 10.1. The number of unbranched alkanes of at least 4 members (excludes halogenated alkanes) is 3. The van der Waals surface area contributed by atoms with Crippen molar-refractivity contribution in [1.29, 1.82) is 0 Å². The van der Waals surface area contributed by atoms with Gasteiger partial charge < -0.3 is 15.5 Å². The lowest BCUT2D eigenvalue weighted by Gasteiger charge is -2.25. The van der Waals surface area contributed by atoms with E-state index in [1.807, 2.05) is 12.3 Å². The maximum absolute atomic E-state index is 10.4. The molecule has 0 radical (unpaired) electrons. The van der Waals surface area contributed by atoms with Crippen molar-refractivity contribution in [2.45, 2.75) is 76.4 Å². The minimum atomic E-state index is -0.423. The molecule has 5 heteroatoms. The molecule has 0 spiro atoms. The van der Waals surface area contributed by atoms with E-state index < -0.39 is 6.10 Å². The normalized spacial score (nSPS) is 29.2. The summed E-state index contributed by atoms with van der Waals surface area (Å²) in [4.78, 5) is 9.15. The Kier molecular flexibility index (Phi) is 6.79. The molecule has 1 aromatic heterocycles. The Bertz CT molecular complexity index is 535. The molecule has 2 aliphatic rings. The average Bonchev–Trinajstić information content (AvgIpc) is 3.41. The van der Waals surface area contributed by atoms with E-state index in [1.54, 1.807) is 0 Å². The highest BCUT2D eigenvalue weighted by atomic mass is 16.3. The van der Waals surface area contributed by atoms with Crippen molar-refractivity contribution in [2.75, 3.05) is 13.2 Å². The summed E-state index contributed by atoms with van der Waals surface area (Å²) < 4.78 is 0. The van der Waals surface area contributed by atoms with Gasteiger partial charge in [-0.1, -0.05) is 26.2 Å². The fraction of sp³-hybridized carbons (Fsp3) is 0.800. The van der Waals surface area contributed by atoms with Crippen LogP contribution in [0.4, 0.5) is 0 Å².